The number of rotatable bonds is 5. The van der Waals surface area contributed by atoms with Gasteiger partial charge in [0.1, 0.15) is 22.2 Å². The van der Waals surface area contributed by atoms with E-state index in [1.165, 1.54) is 38.5 Å². The summed E-state index contributed by atoms with van der Waals surface area (Å²) in [5.41, 5.74) is 0.220. The van der Waals surface area contributed by atoms with E-state index in [1.807, 2.05) is 0 Å². The lowest BCUT2D eigenvalue weighted by Gasteiger charge is -2.14. The van der Waals surface area contributed by atoms with Gasteiger partial charge in [0, 0.05) is 17.8 Å². The Bertz CT molecular complexity index is 778. The largest absolute Gasteiger partial charge is 0.495 e. The van der Waals surface area contributed by atoms with Gasteiger partial charge in [-0.3, -0.25) is 4.72 Å². The quantitative estimate of drug-likeness (QED) is 0.903. The number of hydrogen-bond acceptors (Lipinski definition) is 4. The van der Waals surface area contributed by atoms with Crippen LogP contribution in [0.15, 0.2) is 41.3 Å². The summed E-state index contributed by atoms with van der Waals surface area (Å²) in [4.78, 5) is -0.138. The average Bonchev–Trinajstić information content (AvgIpc) is 2.48. The summed E-state index contributed by atoms with van der Waals surface area (Å²) in [6.45, 7) is 0. The minimum atomic E-state index is -3.95. The van der Waals surface area contributed by atoms with E-state index in [1.54, 1.807) is 0 Å². The first-order valence-corrected chi connectivity index (χ1v) is 7.93. The van der Waals surface area contributed by atoms with Gasteiger partial charge < -0.3 is 9.47 Å². The van der Waals surface area contributed by atoms with E-state index in [2.05, 4.69) is 4.72 Å². The molecular weight excluding hydrogens is 333 g/mol. The predicted molar refractivity (Wildman–Crippen MR) is 81.8 cm³/mol. The maximum Gasteiger partial charge on any atom is 0.265 e. The third-order valence-corrected chi connectivity index (χ3v) is 4.52. The van der Waals surface area contributed by atoms with Gasteiger partial charge in [0.05, 0.1) is 19.2 Å². The van der Waals surface area contributed by atoms with Gasteiger partial charge in [0.2, 0.25) is 0 Å². The SMILES string of the molecule is COc1cc(S(=O)(=O)Nc2ccc(F)cc2)c(OC)cc1Cl. The van der Waals surface area contributed by atoms with Crippen LogP contribution in [-0.2, 0) is 10.0 Å². The molecule has 5 nitrogen and oxygen atoms in total. The van der Waals surface area contributed by atoms with Crippen molar-refractivity contribution >= 4 is 27.3 Å². The molecule has 0 saturated carbocycles. The van der Waals surface area contributed by atoms with Gasteiger partial charge in [-0.2, -0.15) is 0 Å². The van der Waals surface area contributed by atoms with E-state index < -0.39 is 15.8 Å². The fraction of sp³-hybridized carbons (Fsp3) is 0.143. The molecule has 8 heteroatoms. The van der Waals surface area contributed by atoms with Crippen molar-refractivity contribution in [2.24, 2.45) is 0 Å². The summed E-state index contributed by atoms with van der Waals surface area (Å²) in [5, 5.41) is 0.222. The summed E-state index contributed by atoms with van der Waals surface area (Å²) in [5.74, 6) is -0.198. The van der Waals surface area contributed by atoms with Crippen LogP contribution < -0.4 is 14.2 Å². The van der Waals surface area contributed by atoms with Crippen molar-refractivity contribution in [3.05, 3.63) is 47.2 Å². The molecule has 0 aromatic heterocycles. The van der Waals surface area contributed by atoms with Gasteiger partial charge in [-0.15, -0.1) is 0 Å². The number of benzene rings is 2. The number of nitrogens with one attached hydrogen (secondary N) is 1. The van der Waals surface area contributed by atoms with Crippen molar-refractivity contribution in [2.75, 3.05) is 18.9 Å². The Morgan fingerprint density at radius 3 is 2.18 bits per heavy atom. The van der Waals surface area contributed by atoms with Crippen molar-refractivity contribution in [2.45, 2.75) is 4.90 Å². The Labute approximate surface area is 132 Å². The van der Waals surface area contributed by atoms with Crippen LogP contribution in [0.3, 0.4) is 0 Å². The zero-order valence-electron chi connectivity index (χ0n) is 11.8. The molecule has 0 amide bonds. The van der Waals surface area contributed by atoms with E-state index in [0.29, 0.717) is 0 Å². The number of methoxy groups -OCH3 is 2. The molecule has 0 aliphatic heterocycles. The van der Waals surface area contributed by atoms with Gasteiger partial charge in [-0.25, -0.2) is 12.8 Å². The van der Waals surface area contributed by atoms with E-state index in [9.17, 15) is 12.8 Å². The van der Waals surface area contributed by atoms with E-state index in [4.69, 9.17) is 21.1 Å². The number of ether oxygens (including phenoxy) is 2. The second kappa shape index (κ2) is 6.41. The lowest BCUT2D eigenvalue weighted by atomic mass is 10.3. The first-order valence-electron chi connectivity index (χ1n) is 6.07. The Morgan fingerprint density at radius 1 is 1.05 bits per heavy atom. The van der Waals surface area contributed by atoms with Gasteiger partial charge >= 0.3 is 0 Å². The molecular formula is C14H13ClFNO4S. The van der Waals surface area contributed by atoms with Crippen LogP contribution in [0.25, 0.3) is 0 Å². The highest BCUT2D eigenvalue weighted by Gasteiger charge is 2.22. The van der Waals surface area contributed by atoms with Crippen LogP contribution >= 0.6 is 11.6 Å². The summed E-state index contributed by atoms with van der Waals surface area (Å²) >= 11 is 5.95. The molecule has 0 heterocycles. The maximum atomic E-state index is 12.9. The molecule has 22 heavy (non-hydrogen) atoms. The molecule has 0 fully saturated rings. The summed E-state index contributed by atoms with van der Waals surface area (Å²) < 4.78 is 50.2. The van der Waals surface area contributed by atoms with Crippen molar-refractivity contribution in [1.29, 1.82) is 0 Å². The number of anilines is 1. The lowest BCUT2D eigenvalue weighted by Crippen LogP contribution is -2.14. The molecule has 2 aromatic carbocycles. The minimum Gasteiger partial charge on any atom is -0.495 e. The zero-order chi connectivity index (χ0) is 16.3. The molecule has 0 bridgehead atoms. The molecule has 0 radical (unpaired) electrons. The lowest BCUT2D eigenvalue weighted by molar-refractivity contribution is 0.392. The van der Waals surface area contributed by atoms with Crippen molar-refractivity contribution in [1.82, 2.24) is 0 Å². The first kappa shape index (κ1) is 16.4. The van der Waals surface area contributed by atoms with Gasteiger partial charge in [0.25, 0.3) is 10.0 Å². The zero-order valence-corrected chi connectivity index (χ0v) is 13.3. The Balaban J connectivity index is 2.46. The van der Waals surface area contributed by atoms with Crippen LogP contribution in [0.1, 0.15) is 0 Å². The third-order valence-electron chi connectivity index (χ3n) is 2.82. The number of halogens is 2. The standard InChI is InChI=1S/C14H13ClFNO4S/c1-20-12-8-14(13(21-2)7-11(12)15)22(18,19)17-10-5-3-9(16)4-6-10/h3-8,17H,1-2H3. The van der Waals surface area contributed by atoms with Crippen LogP contribution in [0, 0.1) is 5.82 Å². The fourth-order valence-corrected chi connectivity index (χ4v) is 3.23. The highest BCUT2D eigenvalue weighted by Crippen LogP contribution is 2.35. The Kier molecular flexibility index (Phi) is 4.77. The minimum absolute atomic E-state index is 0.0698. The van der Waals surface area contributed by atoms with Gasteiger partial charge in [0.15, 0.2) is 0 Å². The van der Waals surface area contributed by atoms with Crippen LogP contribution in [0.2, 0.25) is 5.02 Å². The van der Waals surface area contributed by atoms with Gasteiger partial charge in [-0.05, 0) is 24.3 Å². The van der Waals surface area contributed by atoms with E-state index >= 15 is 0 Å². The van der Waals surface area contributed by atoms with Crippen LogP contribution in [0.5, 0.6) is 11.5 Å². The smallest absolute Gasteiger partial charge is 0.265 e. The molecule has 0 aliphatic rings. The summed E-state index contributed by atoms with van der Waals surface area (Å²) in [7, 11) is -1.25. The van der Waals surface area contributed by atoms with E-state index in [0.717, 1.165) is 12.1 Å². The number of hydrogen-bond donors (Lipinski definition) is 1. The molecule has 0 spiro atoms. The predicted octanol–water partition coefficient (Wildman–Crippen LogP) is 3.30. The molecule has 0 saturated heterocycles. The molecule has 0 aliphatic carbocycles. The van der Waals surface area contributed by atoms with Gasteiger partial charge in [-0.1, -0.05) is 11.6 Å². The first-order chi connectivity index (χ1) is 10.4. The third kappa shape index (κ3) is 3.42. The van der Waals surface area contributed by atoms with Crippen molar-refractivity contribution < 1.29 is 22.3 Å². The Hall–Kier alpha value is -1.99. The fourth-order valence-electron chi connectivity index (χ4n) is 1.77. The van der Waals surface area contributed by atoms with Crippen LogP contribution in [-0.4, -0.2) is 22.6 Å². The molecule has 2 rings (SSSR count). The van der Waals surface area contributed by atoms with E-state index in [-0.39, 0.29) is 27.1 Å². The monoisotopic (exact) mass is 345 g/mol. The topological polar surface area (TPSA) is 64.6 Å². The normalized spacial score (nSPS) is 11.1. The molecule has 2 aromatic rings. The molecule has 0 atom stereocenters. The van der Waals surface area contributed by atoms with Crippen LogP contribution in [0.4, 0.5) is 10.1 Å². The maximum absolute atomic E-state index is 12.9. The molecule has 118 valence electrons. The second-order valence-electron chi connectivity index (χ2n) is 4.25. The Morgan fingerprint density at radius 2 is 1.64 bits per heavy atom. The number of sulfonamides is 1. The van der Waals surface area contributed by atoms with Crippen molar-refractivity contribution in [3.63, 3.8) is 0 Å². The van der Waals surface area contributed by atoms with Crippen molar-refractivity contribution in [3.8, 4) is 11.5 Å². The average molecular weight is 346 g/mol. The summed E-state index contributed by atoms with van der Waals surface area (Å²) in [6.07, 6.45) is 0. The highest BCUT2D eigenvalue weighted by atomic mass is 35.5. The molecule has 0 unspecified atom stereocenters. The summed E-state index contributed by atoms with van der Waals surface area (Å²) in [6, 6.07) is 7.53. The molecule has 1 N–H and O–H groups in total. The highest BCUT2D eigenvalue weighted by molar-refractivity contribution is 7.92. The second-order valence-corrected chi connectivity index (χ2v) is 6.31.